The molecule has 0 bridgehead atoms. The Bertz CT molecular complexity index is 782. The van der Waals surface area contributed by atoms with E-state index >= 15 is 0 Å². The summed E-state index contributed by atoms with van der Waals surface area (Å²) in [4.78, 5) is 36.1. The SMILES string of the molecule is Cc1cc(NC(=O)C(C)NC(=O)CCC(=O)c2ccccc2C)no1. The summed E-state index contributed by atoms with van der Waals surface area (Å²) in [7, 11) is 0. The molecule has 2 N–H and O–H groups in total. The molecule has 0 spiro atoms. The van der Waals surface area contributed by atoms with Crippen molar-refractivity contribution in [2.24, 2.45) is 0 Å². The summed E-state index contributed by atoms with van der Waals surface area (Å²) in [5.41, 5.74) is 1.49. The zero-order chi connectivity index (χ0) is 18.4. The summed E-state index contributed by atoms with van der Waals surface area (Å²) < 4.78 is 4.85. The lowest BCUT2D eigenvalue weighted by Gasteiger charge is -2.13. The van der Waals surface area contributed by atoms with Gasteiger partial charge in [0.2, 0.25) is 11.8 Å². The highest BCUT2D eigenvalue weighted by atomic mass is 16.5. The summed E-state index contributed by atoms with van der Waals surface area (Å²) in [6, 6.07) is 8.07. The van der Waals surface area contributed by atoms with Gasteiger partial charge in [-0.3, -0.25) is 14.4 Å². The first-order valence-electron chi connectivity index (χ1n) is 7.99. The molecular formula is C18H21N3O4. The second-order valence-corrected chi connectivity index (χ2v) is 5.84. The van der Waals surface area contributed by atoms with Crippen LogP contribution in [0, 0.1) is 13.8 Å². The monoisotopic (exact) mass is 343 g/mol. The van der Waals surface area contributed by atoms with Crippen molar-refractivity contribution in [1.82, 2.24) is 10.5 Å². The number of aryl methyl sites for hydroxylation is 2. The van der Waals surface area contributed by atoms with Crippen molar-refractivity contribution in [3.05, 3.63) is 47.2 Å². The van der Waals surface area contributed by atoms with E-state index in [1.54, 1.807) is 32.0 Å². The van der Waals surface area contributed by atoms with E-state index in [1.807, 2.05) is 19.1 Å². The molecule has 2 aromatic rings. The number of hydrogen-bond donors (Lipinski definition) is 2. The van der Waals surface area contributed by atoms with Crippen LogP contribution in [-0.2, 0) is 9.59 Å². The Morgan fingerprint density at radius 3 is 2.52 bits per heavy atom. The Morgan fingerprint density at radius 1 is 1.16 bits per heavy atom. The van der Waals surface area contributed by atoms with E-state index in [0.717, 1.165) is 5.56 Å². The molecule has 7 heteroatoms. The Hall–Kier alpha value is -2.96. The fourth-order valence-electron chi connectivity index (χ4n) is 2.29. The largest absolute Gasteiger partial charge is 0.360 e. The second kappa shape index (κ2) is 8.23. The minimum atomic E-state index is -0.752. The molecule has 0 aliphatic carbocycles. The highest BCUT2D eigenvalue weighted by Crippen LogP contribution is 2.11. The second-order valence-electron chi connectivity index (χ2n) is 5.84. The smallest absolute Gasteiger partial charge is 0.247 e. The van der Waals surface area contributed by atoms with Crippen molar-refractivity contribution in [3.8, 4) is 0 Å². The molecular weight excluding hydrogens is 322 g/mol. The van der Waals surface area contributed by atoms with E-state index in [0.29, 0.717) is 17.1 Å². The van der Waals surface area contributed by atoms with Gasteiger partial charge in [0.1, 0.15) is 11.8 Å². The molecule has 1 atom stereocenters. The fourth-order valence-corrected chi connectivity index (χ4v) is 2.29. The lowest BCUT2D eigenvalue weighted by Crippen LogP contribution is -2.41. The third kappa shape index (κ3) is 5.27. The van der Waals surface area contributed by atoms with Gasteiger partial charge in [0.05, 0.1) is 0 Å². The van der Waals surface area contributed by atoms with Crippen LogP contribution in [0.25, 0.3) is 0 Å². The van der Waals surface area contributed by atoms with Crippen molar-refractivity contribution >= 4 is 23.4 Å². The molecule has 2 rings (SSSR count). The van der Waals surface area contributed by atoms with Crippen LogP contribution in [0.4, 0.5) is 5.82 Å². The number of aromatic nitrogens is 1. The predicted molar refractivity (Wildman–Crippen MR) is 92.2 cm³/mol. The minimum absolute atomic E-state index is 0.0217. The van der Waals surface area contributed by atoms with Gasteiger partial charge in [-0.2, -0.15) is 0 Å². The van der Waals surface area contributed by atoms with Crippen LogP contribution in [0.5, 0.6) is 0 Å². The van der Waals surface area contributed by atoms with Crippen LogP contribution in [0.1, 0.15) is 41.4 Å². The van der Waals surface area contributed by atoms with E-state index in [4.69, 9.17) is 4.52 Å². The molecule has 1 unspecified atom stereocenters. The van der Waals surface area contributed by atoms with Crippen molar-refractivity contribution in [3.63, 3.8) is 0 Å². The number of nitrogens with zero attached hydrogens (tertiary/aromatic N) is 1. The highest BCUT2D eigenvalue weighted by Gasteiger charge is 2.18. The maximum atomic E-state index is 12.2. The number of anilines is 1. The number of rotatable bonds is 7. The van der Waals surface area contributed by atoms with E-state index in [1.165, 1.54) is 0 Å². The van der Waals surface area contributed by atoms with E-state index in [-0.39, 0.29) is 24.5 Å². The van der Waals surface area contributed by atoms with Gasteiger partial charge in [-0.25, -0.2) is 0 Å². The lowest BCUT2D eigenvalue weighted by atomic mass is 10.0. The molecule has 0 saturated heterocycles. The van der Waals surface area contributed by atoms with Crippen LogP contribution in [0.15, 0.2) is 34.9 Å². The molecule has 2 amide bonds. The number of benzene rings is 1. The van der Waals surface area contributed by atoms with Crippen LogP contribution < -0.4 is 10.6 Å². The number of amides is 2. The lowest BCUT2D eigenvalue weighted by molar-refractivity contribution is -0.126. The van der Waals surface area contributed by atoms with Gasteiger partial charge >= 0.3 is 0 Å². The normalized spacial score (nSPS) is 11.6. The van der Waals surface area contributed by atoms with Crippen LogP contribution in [0.2, 0.25) is 0 Å². The van der Waals surface area contributed by atoms with Crippen LogP contribution in [-0.4, -0.2) is 28.8 Å². The highest BCUT2D eigenvalue weighted by molar-refractivity contribution is 6.00. The number of Topliss-reactive ketones (excluding diaryl/α,β-unsaturated/α-hetero) is 1. The Kier molecular flexibility index (Phi) is 6.05. The standard InChI is InChI=1S/C18H21N3O4/c1-11-6-4-5-7-14(11)15(22)8-9-17(23)19-13(3)18(24)20-16-10-12(2)25-21-16/h4-7,10,13H,8-9H2,1-3H3,(H,19,23)(H,20,21,24). The first-order chi connectivity index (χ1) is 11.9. The molecule has 0 aliphatic heterocycles. The van der Waals surface area contributed by atoms with Crippen LogP contribution in [0.3, 0.4) is 0 Å². The van der Waals surface area contributed by atoms with Crippen molar-refractivity contribution in [2.45, 2.75) is 39.7 Å². The zero-order valence-corrected chi connectivity index (χ0v) is 14.5. The van der Waals surface area contributed by atoms with Crippen molar-refractivity contribution in [2.75, 3.05) is 5.32 Å². The summed E-state index contributed by atoms with van der Waals surface area (Å²) in [5, 5.41) is 8.76. The van der Waals surface area contributed by atoms with Gasteiger partial charge in [-0.15, -0.1) is 0 Å². The van der Waals surface area contributed by atoms with Gasteiger partial charge in [0.15, 0.2) is 11.6 Å². The quantitative estimate of drug-likeness (QED) is 0.752. The average Bonchev–Trinajstić information content (AvgIpc) is 2.98. The predicted octanol–water partition coefficient (Wildman–Crippen LogP) is 2.40. The Balaban J connectivity index is 1.80. The topological polar surface area (TPSA) is 101 Å². The number of hydrogen-bond acceptors (Lipinski definition) is 5. The Labute approximate surface area is 145 Å². The molecule has 132 valence electrons. The molecule has 25 heavy (non-hydrogen) atoms. The summed E-state index contributed by atoms with van der Waals surface area (Å²) in [6.45, 7) is 5.12. The molecule has 7 nitrogen and oxygen atoms in total. The number of carbonyl (C=O) groups excluding carboxylic acids is 3. The van der Waals surface area contributed by atoms with Crippen LogP contribution >= 0.6 is 0 Å². The van der Waals surface area contributed by atoms with Gasteiger partial charge in [-0.05, 0) is 26.3 Å². The number of ketones is 1. The zero-order valence-electron chi connectivity index (χ0n) is 14.5. The third-order valence-electron chi connectivity index (χ3n) is 3.67. The molecule has 1 heterocycles. The first kappa shape index (κ1) is 18.4. The molecule has 0 aliphatic rings. The maximum Gasteiger partial charge on any atom is 0.247 e. The fraction of sp³-hybridized carbons (Fsp3) is 0.333. The summed E-state index contributed by atoms with van der Waals surface area (Å²) in [6.07, 6.45) is 0.112. The average molecular weight is 343 g/mol. The molecule has 0 fully saturated rings. The summed E-state index contributed by atoms with van der Waals surface area (Å²) in [5.74, 6) is -0.00346. The molecule has 0 radical (unpaired) electrons. The number of nitrogens with one attached hydrogen (secondary N) is 2. The third-order valence-corrected chi connectivity index (χ3v) is 3.67. The maximum absolute atomic E-state index is 12.2. The minimum Gasteiger partial charge on any atom is -0.360 e. The molecule has 0 saturated carbocycles. The van der Waals surface area contributed by atoms with E-state index in [2.05, 4.69) is 15.8 Å². The van der Waals surface area contributed by atoms with E-state index < -0.39 is 11.9 Å². The Morgan fingerprint density at radius 2 is 1.88 bits per heavy atom. The molecule has 1 aromatic heterocycles. The number of carbonyl (C=O) groups is 3. The first-order valence-corrected chi connectivity index (χ1v) is 7.99. The van der Waals surface area contributed by atoms with Gasteiger partial charge in [0, 0.05) is 24.5 Å². The molecule has 1 aromatic carbocycles. The van der Waals surface area contributed by atoms with Crippen molar-refractivity contribution < 1.29 is 18.9 Å². The summed E-state index contributed by atoms with van der Waals surface area (Å²) >= 11 is 0. The van der Waals surface area contributed by atoms with Gasteiger partial charge in [0.25, 0.3) is 0 Å². The van der Waals surface area contributed by atoms with Crippen molar-refractivity contribution in [1.29, 1.82) is 0 Å². The van der Waals surface area contributed by atoms with E-state index in [9.17, 15) is 14.4 Å². The van der Waals surface area contributed by atoms with Gasteiger partial charge < -0.3 is 15.2 Å². The van der Waals surface area contributed by atoms with Gasteiger partial charge in [-0.1, -0.05) is 29.4 Å².